The van der Waals surface area contributed by atoms with Crippen LogP contribution in [0.5, 0.6) is 0 Å². The predicted octanol–water partition coefficient (Wildman–Crippen LogP) is 1.62. The molecule has 1 aromatic carbocycles. The van der Waals surface area contributed by atoms with Crippen molar-refractivity contribution in [2.45, 2.75) is 18.9 Å². The third-order valence-electron chi connectivity index (χ3n) is 2.29. The first-order chi connectivity index (χ1) is 6.73. The van der Waals surface area contributed by atoms with Crippen LogP contribution in [-0.4, -0.2) is 17.8 Å². The summed E-state index contributed by atoms with van der Waals surface area (Å²) in [5.41, 5.74) is 0.259. The van der Waals surface area contributed by atoms with Crippen molar-refractivity contribution in [3.63, 3.8) is 0 Å². The number of aliphatic hydroxyl groups excluding tert-OH is 1. The van der Waals surface area contributed by atoms with Crippen molar-refractivity contribution in [1.82, 2.24) is 0 Å². The van der Waals surface area contributed by atoms with Crippen molar-refractivity contribution >= 4 is 6.08 Å². The Kier molecular flexibility index (Phi) is 3.57. The van der Waals surface area contributed by atoms with E-state index in [1.807, 2.05) is 37.3 Å². The molecule has 1 unspecified atom stereocenters. The number of hydrogen-bond donors (Lipinski definition) is 1. The Morgan fingerprint density at radius 3 is 2.57 bits per heavy atom. The Labute approximate surface area is 83.1 Å². The van der Waals surface area contributed by atoms with E-state index in [0.717, 1.165) is 5.56 Å². The average Bonchev–Trinajstić information content (AvgIpc) is 2.20. The van der Waals surface area contributed by atoms with Crippen LogP contribution in [0.1, 0.15) is 18.9 Å². The lowest BCUT2D eigenvalue weighted by Gasteiger charge is -2.22. The van der Waals surface area contributed by atoms with E-state index in [1.165, 1.54) is 0 Å². The van der Waals surface area contributed by atoms with E-state index in [-0.39, 0.29) is 6.61 Å². The van der Waals surface area contributed by atoms with Gasteiger partial charge in [-0.05, 0) is 12.5 Å². The number of rotatable bonds is 4. The largest absolute Gasteiger partial charge is 0.396 e. The van der Waals surface area contributed by atoms with Gasteiger partial charge in [-0.15, -0.1) is 0 Å². The summed E-state index contributed by atoms with van der Waals surface area (Å²) in [4.78, 5) is 14.0. The maximum atomic E-state index is 10.3. The van der Waals surface area contributed by atoms with Crippen LogP contribution in [0.4, 0.5) is 0 Å². The van der Waals surface area contributed by atoms with Gasteiger partial charge in [-0.3, -0.25) is 0 Å². The topological polar surface area (TPSA) is 49.7 Å². The Morgan fingerprint density at radius 2 is 2.07 bits per heavy atom. The lowest BCUT2D eigenvalue weighted by molar-refractivity contribution is 0.248. The fraction of sp³-hybridized carbons (Fsp3) is 0.364. The van der Waals surface area contributed by atoms with E-state index in [2.05, 4.69) is 4.99 Å². The second kappa shape index (κ2) is 4.70. The summed E-state index contributed by atoms with van der Waals surface area (Å²) in [6.07, 6.45) is 1.98. The van der Waals surface area contributed by atoms with E-state index in [9.17, 15) is 4.79 Å². The fourth-order valence-corrected chi connectivity index (χ4v) is 1.38. The molecule has 0 aromatic heterocycles. The van der Waals surface area contributed by atoms with Gasteiger partial charge in [0.05, 0.1) is 5.54 Å². The summed E-state index contributed by atoms with van der Waals surface area (Å²) in [5, 5.41) is 8.90. The molecule has 74 valence electrons. The van der Waals surface area contributed by atoms with Crippen molar-refractivity contribution in [3.05, 3.63) is 35.9 Å². The first kappa shape index (κ1) is 10.6. The molecule has 3 heteroatoms. The van der Waals surface area contributed by atoms with Gasteiger partial charge < -0.3 is 5.11 Å². The molecule has 0 heterocycles. The van der Waals surface area contributed by atoms with Crippen LogP contribution in [0.2, 0.25) is 0 Å². The summed E-state index contributed by atoms with van der Waals surface area (Å²) in [5.74, 6) is 0. The highest BCUT2D eigenvalue weighted by molar-refractivity contribution is 5.37. The predicted molar refractivity (Wildman–Crippen MR) is 53.6 cm³/mol. The van der Waals surface area contributed by atoms with Crippen molar-refractivity contribution < 1.29 is 9.90 Å². The molecule has 3 nitrogen and oxygen atoms in total. The Balaban J connectivity index is 3.05. The quantitative estimate of drug-likeness (QED) is 0.580. The molecule has 1 aromatic rings. The molecule has 1 rings (SSSR count). The maximum Gasteiger partial charge on any atom is 0.235 e. The molecule has 1 N–H and O–H groups in total. The molecule has 0 aliphatic rings. The number of nitrogens with zero attached hydrogens (tertiary/aromatic N) is 1. The van der Waals surface area contributed by atoms with Gasteiger partial charge in [0.1, 0.15) is 0 Å². The molecule has 0 amide bonds. The molecule has 1 atom stereocenters. The highest BCUT2D eigenvalue weighted by atomic mass is 16.3. The highest BCUT2D eigenvalue weighted by Gasteiger charge is 2.24. The van der Waals surface area contributed by atoms with Gasteiger partial charge in [-0.2, -0.15) is 4.99 Å². The number of aliphatic imine (C=N–C) groups is 1. The molecule has 0 saturated heterocycles. The van der Waals surface area contributed by atoms with E-state index in [0.29, 0.717) is 6.42 Å². The van der Waals surface area contributed by atoms with Crippen LogP contribution in [0.25, 0.3) is 0 Å². The molecule has 0 spiro atoms. The Hall–Kier alpha value is -1.44. The maximum absolute atomic E-state index is 10.3. The zero-order valence-electron chi connectivity index (χ0n) is 8.10. The number of carbonyl (C=O) groups excluding carboxylic acids is 1. The van der Waals surface area contributed by atoms with Gasteiger partial charge in [-0.1, -0.05) is 30.3 Å². The fourth-order valence-electron chi connectivity index (χ4n) is 1.38. The molecule has 0 radical (unpaired) electrons. The smallest absolute Gasteiger partial charge is 0.235 e. The standard InChI is InChI=1S/C11H13NO2/c1-11(7-8-13,12-9-14)10-5-3-2-4-6-10/h2-6,13H,7-8H2,1H3. The number of aliphatic hydroxyl groups is 1. The van der Waals surface area contributed by atoms with Crippen LogP contribution < -0.4 is 0 Å². The van der Waals surface area contributed by atoms with Crippen LogP contribution in [0, 0.1) is 0 Å². The Morgan fingerprint density at radius 1 is 1.43 bits per heavy atom. The zero-order chi connectivity index (χ0) is 10.4. The second-order valence-corrected chi connectivity index (χ2v) is 3.32. The van der Waals surface area contributed by atoms with Gasteiger partial charge >= 0.3 is 0 Å². The SMILES string of the molecule is CC(CCO)(N=C=O)c1ccccc1. The lowest BCUT2D eigenvalue weighted by Crippen LogP contribution is -2.20. The number of hydrogen-bond acceptors (Lipinski definition) is 3. The van der Waals surface area contributed by atoms with Crippen LogP contribution in [0.3, 0.4) is 0 Å². The summed E-state index contributed by atoms with van der Waals surface area (Å²) in [6.45, 7) is 1.81. The van der Waals surface area contributed by atoms with Gasteiger partial charge in [0.2, 0.25) is 6.08 Å². The summed E-state index contributed by atoms with van der Waals surface area (Å²) in [7, 11) is 0. The third kappa shape index (κ3) is 2.28. The lowest BCUT2D eigenvalue weighted by atomic mass is 9.90. The van der Waals surface area contributed by atoms with Gasteiger partial charge in [0, 0.05) is 13.0 Å². The van der Waals surface area contributed by atoms with Crippen LogP contribution in [0.15, 0.2) is 35.3 Å². The van der Waals surface area contributed by atoms with E-state index < -0.39 is 5.54 Å². The molecular weight excluding hydrogens is 178 g/mol. The summed E-state index contributed by atoms with van der Waals surface area (Å²) < 4.78 is 0. The minimum atomic E-state index is -0.655. The first-order valence-electron chi connectivity index (χ1n) is 4.48. The molecule has 0 aliphatic heterocycles. The minimum absolute atomic E-state index is 0.00340. The van der Waals surface area contributed by atoms with Gasteiger partial charge in [0.25, 0.3) is 0 Å². The summed E-state index contributed by atoms with van der Waals surface area (Å²) >= 11 is 0. The zero-order valence-corrected chi connectivity index (χ0v) is 8.10. The van der Waals surface area contributed by atoms with Crippen molar-refractivity contribution in [2.75, 3.05) is 6.61 Å². The van der Waals surface area contributed by atoms with Crippen LogP contribution in [-0.2, 0) is 10.3 Å². The molecule has 0 aliphatic carbocycles. The number of benzene rings is 1. The molecule has 0 bridgehead atoms. The van der Waals surface area contributed by atoms with E-state index in [1.54, 1.807) is 6.08 Å². The highest BCUT2D eigenvalue weighted by Crippen LogP contribution is 2.27. The Bertz CT molecular complexity index is 330. The number of isocyanates is 1. The molecule has 14 heavy (non-hydrogen) atoms. The average molecular weight is 191 g/mol. The molecular formula is C11H13NO2. The first-order valence-corrected chi connectivity index (χ1v) is 4.48. The van der Waals surface area contributed by atoms with E-state index in [4.69, 9.17) is 5.11 Å². The van der Waals surface area contributed by atoms with Crippen LogP contribution >= 0.6 is 0 Å². The molecule has 0 saturated carbocycles. The third-order valence-corrected chi connectivity index (χ3v) is 2.29. The van der Waals surface area contributed by atoms with Gasteiger partial charge in [-0.25, -0.2) is 4.79 Å². The van der Waals surface area contributed by atoms with E-state index >= 15 is 0 Å². The minimum Gasteiger partial charge on any atom is -0.396 e. The van der Waals surface area contributed by atoms with Crippen molar-refractivity contribution in [2.24, 2.45) is 4.99 Å². The molecule has 0 fully saturated rings. The van der Waals surface area contributed by atoms with Crippen molar-refractivity contribution in [3.8, 4) is 0 Å². The normalized spacial score (nSPS) is 14.1. The summed E-state index contributed by atoms with van der Waals surface area (Å²) in [6, 6.07) is 9.43. The van der Waals surface area contributed by atoms with Crippen molar-refractivity contribution in [1.29, 1.82) is 0 Å². The monoisotopic (exact) mass is 191 g/mol. The second-order valence-electron chi connectivity index (χ2n) is 3.32. The van der Waals surface area contributed by atoms with Gasteiger partial charge in [0.15, 0.2) is 0 Å².